The number of likely N-dealkylation sites (tertiary alicyclic amines) is 1. The van der Waals surface area contributed by atoms with Crippen molar-refractivity contribution >= 4 is 23.6 Å². The van der Waals surface area contributed by atoms with Crippen molar-refractivity contribution in [1.82, 2.24) is 24.8 Å². The number of rotatable bonds is 5. The van der Waals surface area contributed by atoms with Gasteiger partial charge in [0.1, 0.15) is 5.82 Å². The van der Waals surface area contributed by atoms with Gasteiger partial charge in [-0.1, -0.05) is 0 Å². The molecule has 11 heteroatoms. The maximum absolute atomic E-state index is 12.9. The highest BCUT2D eigenvalue weighted by molar-refractivity contribution is 5.78. The van der Waals surface area contributed by atoms with Gasteiger partial charge in [0.25, 0.3) is 0 Å². The fraction of sp³-hybridized carbons (Fsp3) is 0.625. The van der Waals surface area contributed by atoms with E-state index in [1.54, 1.807) is 12.4 Å². The molecule has 188 valence electrons. The molecule has 0 bridgehead atoms. The molecule has 5 rings (SSSR count). The van der Waals surface area contributed by atoms with Crippen LogP contribution in [0.25, 0.3) is 11.3 Å². The number of nitrogen functional groups attached to an aromatic ring is 1. The van der Waals surface area contributed by atoms with Crippen LogP contribution in [0.15, 0.2) is 12.4 Å². The Bertz CT molecular complexity index is 1100. The van der Waals surface area contributed by atoms with Gasteiger partial charge in [-0.15, -0.1) is 0 Å². The van der Waals surface area contributed by atoms with Crippen LogP contribution in [-0.4, -0.2) is 87.8 Å². The number of nitrogens with zero attached hydrogens (tertiary/aromatic N) is 7. The Morgan fingerprint density at radius 2 is 1.86 bits per heavy atom. The second-order valence-electron chi connectivity index (χ2n) is 10.7. The predicted molar refractivity (Wildman–Crippen MR) is 134 cm³/mol. The molecule has 2 saturated heterocycles. The summed E-state index contributed by atoms with van der Waals surface area (Å²) in [5.41, 5.74) is 13.9. The molecule has 5 heterocycles. The monoisotopic (exact) mass is 481 g/mol. The maximum atomic E-state index is 12.9. The van der Waals surface area contributed by atoms with E-state index in [2.05, 4.69) is 26.7 Å². The molecule has 3 aliphatic rings. The van der Waals surface area contributed by atoms with Gasteiger partial charge in [-0.25, -0.2) is 15.0 Å². The fourth-order valence-electron chi connectivity index (χ4n) is 5.25. The SMILES string of the molecule is CC(C)(N)CC(=O)N1CC[C@](C)(N2CCc3c(-c4cnc(N)nc4)nc(N4CCOCC4)nc32)C1. The van der Waals surface area contributed by atoms with E-state index in [9.17, 15) is 4.79 Å². The largest absolute Gasteiger partial charge is 0.378 e. The predicted octanol–water partition coefficient (Wildman–Crippen LogP) is 0.833. The zero-order valence-corrected chi connectivity index (χ0v) is 20.8. The minimum absolute atomic E-state index is 0.108. The van der Waals surface area contributed by atoms with Crippen molar-refractivity contribution in [2.45, 2.75) is 51.1 Å². The number of carbonyl (C=O) groups excluding carboxylic acids is 1. The first-order valence-electron chi connectivity index (χ1n) is 12.3. The number of hydrogen-bond donors (Lipinski definition) is 2. The highest BCUT2D eigenvalue weighted by atomic mass is 16.5. The number of anilines is 3. The summed E-state index contributed by atoms with van der Waals surface area (Å²) in [7, 11) is 0. The number of amides is 1. The van der Waals surface area contributed by atoms with Crippen LogP contribution in [0.3, 0.4) is 0 Å². The van der Waals surface area contributed by atoms with Crippen molar-refractivity contribution in [3.8, 4) is 11.3 Å². The van der Waals surface area contributed by atoms with Gasteiger partial charge in [-0.2, -0.15) is 4.98 Å². The molecule has 35 heavy (non-hydrogen) atoms. The smallest absolute Gasteiger partial charge is 0.228 e. The zero-order valence-electron chi connectivity index (χ0n) is 20.8. The number of morpholine rings is 1. The highest BCUT2D eigenvalue weighted by Crippen LogP contribution is 2.41. The molecule has 2 aromatic heterocycles. The summed E-state index contributed by atoms with van der Waals surface area (Å²) in [6, 6.07) is 0. The summed E-state index contributed by atoms with van der Waals surface area (Å²) in [5, 5.41) is 0. The van der Waals surface area contributed by atoms with E-state index >= 15 is 0 Å². The van der Waals surface area contributed by atoms with Crippen LogP contribution in [-0.2, 0) is 16.0 Å². The number of nitrogens with two attached hydrogens (primary N) is 2. The third kappa shape index (κ3) is 4.74. The Hall–Kier alpha value is -3.05. The minimum atomic E-state index is -0.521. The van der Waals surface area contributed by atoms with Crippen LogP contribution in [0.1, 0.15) is 39.2 Å². The number of aromatic nitrogens is 4. The molecule has 2 aromatic rings. The van der Waals surface area contributed by atoms with Gasteiger partial charge in [0, 0.05) is 68.2 Å². The van der Waals surface area contributed by atoms with Crippen LogP contribution >= 0.6 is 0 Å². The van der Waals surface area contributed by atoms with E-state index in [1.165, 1.54) is 0 Å². The van der Waals surface area contributed by atoms with Gasteiger partial charge in [-0.3, -0.25) is 4.79 Å². The molecule has 2 fully saturated rings. The van der Waals surface area contributed by atoms with Crippen molar-refractivity contribution < 1.29 is 9.53 Å². The third-order valence-corrected chi connectivity index (χ3v) is 7.12. The van der Waals surface area contributed by atoms with Gasteiger partial charge in [0.15, 0.2) is 0 Å². The molecule has 11 nitrogen and oxygen atoms in total. The summed E-state index contributed by atoms with van der Waals surface area (Å²) in [6.07, 6.45) is 5.48. The summed E-state index contributed by atoms with van der Waals surface area (Å²) in [5.74, 6) is 1.96. The maximum Gasteiger partial charge on any atom is 0.228 e. The quantitative estimate of drug-likeness (QED) is 0.631. The summed E-state index contributed by atoms with van der Waals surface area (Å²) in [6.45, 7) is 11.0. The highest BCUT2D eigenvalue weighted by Gasteiger charge is 2.45. The Balaban J connectivity index is 1.49. The molecular weight excluding hydrogens is 446 g/mol. The second-order valence-corrected chi connectivity index (χ2v) is 10.7. The first-order chi connectivity index (χ1) is 16.6. The fourth-order valence-corrected chi connectivity index (χ4v) is 5.25. The van der Waals surface area contributed by atoms with Crippen molar-refractivity contribution in [2.75, 3.05) is 61.5 Å². The molecule has 0 saturated carbocycles. The van der Waals surface area contributed by atoms with E-state index in [-0.39, 0.29) is 17.4 Å². The molecule has 1 amide bonds. The lowest BCUT2D eigenvalue weighted by Gasteiger charge is -2.37. The van der Waals surface area contributed by atoms with Gasteiger partial charge in [-0.05, 0) is 33.6 Å². The molecular formula is C24H35N9O2. The normalized spacial score (nSPS) is 22.6. The average Bonchev–Trinajstić information content (AvgIpc) is 3.43. The molecule has 4 N–H and O–H groups in total. The number of carbonyl (C=O) groups is 1. The standard InChI is InChI=1S/C24H35N9O2/c1-23(2,26)12-18(34)32-7-5-24(3,15-32)33-6-4-17-19(16-13-27-21(25)28-14-16)29-22(30-20(17)33)31-8-10-35-11-9-31/h13-14H,4-12,15,26H2,1-3H3,(H2,25,27,28)/t24-/m0/s1. The van der Waals surface area contributed by atoms with Crippen LogP contribution in [0.4, 0.5) is 17.7 Å². The topological polar surface area (TPSA) is 140 Å². The zero-order chi connectivity index (χ0) is 24.8. The average molecular weight is 482 g/mol. The molecule has 3 aliphatic heterocycles. The van der Waals surface area contributed by atoms with Crippen molar-refractivity contribution in [3.63, 3.8) is 0 Å². The lowest BCUT2D eigenvalue weighted by Crippen LogP contribution is -2.49. The second kappa shape index (κ2) is 8.87. The number of fused-ring (bicyclic) bond motifs is 1. The van der Waals surface area contributed by atoms with Gasteiger partial charge in [0.2, 0.25) is 17.8 Å². The Morgan fingerprint density at radius 1 is 1.14 bits per heavy atom. The Morgan fingerprint density at radius 3 is 2.54 bits per heavy atom. The van der Waals surface area contributed by atoms with E-state index in [1.807, 2.05) is 18.7 Å². The lowest BCUT2D eigenvalue weighted by molar-refractivity contribution is -0.131. The van der Waals surface area contributed by atoms with Crippen molar-refractivity contribution in [2.24, 2.45) is 5.73 Å². The summed E-state index contributed by atoms with van der Waals surface area (Å²) < 4.78 is 5.54. The Labute approximate surface area is 205 Å². The van der Waals surface area contributed by atoms with E-state index < -0.39 is 5.54 Å². The van der Waals surface area contributed by atoms with Gasteiger partial charge >= 0.3 is 0 Å². The first kappa shape index (κ1) is 23.7. The van der Waals surface area contributed by atoms with E-state index in [4.69, 9.17) is 26.2 Å². The molecule has 1 atom stereocenters. The van der Waals surface area contributed by atoms with E-state index in [0.29, 0.717) is 32.1 Å². The molecule has 0 radical (unpaired) electrons. The first-order valence-corrected chi connectivity index (χ1v) is 12.3. The van der Waals surface area contributed by atoms with Crippen LogP contribution in [0, 0.1) is 0 Å². The minimum Gasteiger partial charge on any atom is -0.378 e. The van der Waals surface area contributed by atoms with Crippen LogP contribution in [0.2, 0.25) is 0 Å². The molecule has 0 aromatic carbocycles. The van der Waals surface area contributed by atoms with Gasteiger partial charge in [0.05, 0.1) is 24.4 Å². The summed E-state index contributed by atoms with van der Waals surface area (Å²) in [4.78, 5) is 37.8. The van der Waals surface area contributed by atoms with Crippen molar-refractivity contribution in [1.29, 1.82) is 0 Å². The van der Waals surface area contributed by atoms with Crippen LogP contribution in [0.5, 0.6) is 0 Å². The molecule has 0 spiro atoms. The number of ether oxygens (including phenoxy) is 1. The lowest BCUT2D eigenvalue weighted by atomic mass is 9.99. The Kier molecular flexibility index (Phi) is 6.00. The third-order valence-electron chi connectivity index (χ3n) is 7.12. The van der Waals surface area contributed by atoms with Gasteiger partial charge < -0.3 is 30.9 Å². The number of hydrogen-bond acceptors (Lipinski definition) is 10. The van der Waals surface area contributed by atoms with Crippen molar-refractivity contribution in [3.05, 3.63) is 18.0 Å². The summed E-state index contributed by atoms with van der Waals surface area (Å²) >= 11 is 0. The van der Waals surface area contributed by atoms with E-state index in [0.717, 1.165) is 61.7 Å². The molecule has 0 unspecified atom stereocenters. The molecule has 0 aliphatic carbocycles. The van der Waals surface area contributed by atoms with Crippen LogP contribution < -0.4 is 21.3 Å².